The molecule has 0 aliphatic rings. The number of hydrogen-bond acceptors (Lipinski definition) is 5. The molecule has 0 bridgehead atoms. The fourth-order valence-electron chi connectivity index (χ4n) is 3.74. The Morgan fingerprint density at radius 3 is 2.61 bits per heavy atom. The summed E-state index contributed by atoms with van der Waals surface area (Å²) in [4.78, 5) is 15.1. The summed E-state index contributed by atoms with van der Waals surface area (Å²) in [7, 11) is 0. The van der Waals surface area contributed by atoms with Crippen LogP contribution in [0.1, 0.15) is 42.8 Å². The Labute approximate surface area is 194 Å². The van der Waals surface area contributed by atoms with Crippen molar-refractivity contribution in [3.8, 4) is 11.5 Å². The van der Waals surface area contributed by atoms with E-state index in [2.05, 4.69) is 10.2 Å². The molecule has 2 heterocycles. The molecule has 5 nitrogen and oxygen atoms in total. The van der Waals surface area contributed by atoms with Gasteiger partial charge in [0.15, 0.2) is 0 Å². The minimum absolute atomic E-state index is 0.134. The number of carbonyl (C=O) groups is 1. The Bertz CT molecular complexity index is 1190. The number of aromatic nitrogens is 2. The smallest absolute Gasteiger partial charge is 0.248 e. The summed E-state index contributed by atoms with van der Waals surface area (Å²) in [5.41, 5.74) is 2.35. The van der Waals surface area contributed by atoms with Gasteiger partial charge in [-0.3, -0.25) is 4.79 Å². The van der Waals surface area contributed by atoms with Crippen molar-refractivity contribution < 1.29 is 18.0 Å². The zero-order chi connectivity index (χ0) is 23.2. The van der Waals surface area contributed by atoms with Gasteiger partial charge < -0.3 is 9.32 Å². The molecule has 0 N–H and O–H groups in total. The second-order valence-electron chi connectivity index (χ2n) is 7.64. The average molecular weight is 468 g/mol. The van der Waals surface area contributed by atoms with Gasteiger partial charge in [0.25, 0.3) is 0 Å². The second-order valence-corrected chi connectivity index (χ2v) is 8.42. The molecule has 0 aliphatic heterocycles. The first kappa shape index (κ1) is 22.8. The third-order valence-corrected chi connectivity index (χ3v) is 6.05. The molecule has 2 aromatic carbocycles. The van der Waals surface area contributed by atoms with Gasteiger partial charge in [-0.15, -0.1) is 10.2 Å². The van der Waals surface area contributed by atoms with Gasteiger partial charge in [0.1, 0.15) is 11.6 Å². The number of rotatable bonds is 9. The van der Waals surface area contributed by atoms with Gasteiger partial charge in [0.2, 0.25) is 17.7 Å². The van der Waals surface area contributed by atoms with Crippen molar-refractivity contribution in [1.29, 1.82) is 0 Å². The zero-order valence-electron chi connectivity index (χ0n) is 18.1. The van der Waals surface area contributed by atoms with E-state index in [1.54, 1.807) is 29.2 Å². The van der Waals surface area contributed by atoms with Gasteiger partial charge in [0, 0.05) is 30.3 Å². The number of nitrogens with zero attached hydrogens (tertiary/aromatic N) is 3. The van der Waals surface area contributed by atoms with Crippen LogP contribution in [0, 0.1) is 11.6 Å². The Kier molecular flexibility index (Phi) is 7.24. The molecule has 4 aromatic rings. The predicted octanol–water partition coefficient (Wildman–Crippen LogP) is 6.19. The fourth-order valence-corrected chi connectivity index (χ4v) is 4.37. The molecule has 1 atom stereocenters. The van der Waals surface area contributed by atoms with E-state index in [9.17, 15) is 13.6 Å². The monoisotopic (exact) mass is 467 g/mol. The van der Waals surface area contributed by atoms with E-state index in [4.69, 9.17) is 4.42 Å². The van der Waals surface area contributed by atoms with Crippen LogP contribution >= 0.6 is 11.3 Å². The van der Waals surface area contributed by atoms with Gasteiger partial charge in [-0.25, -0.2) is 8.78 Å². The molecule has 0 radical (unpaired) electrons. The number of hydrogen-bond donors (Lipinski definition) is 0. The number of benzene rings is 2. The summed E-state index contributed by atoms with van der Waals surface area (Å²) in [6, 6.07) is 13.9. The van der Waals surface area contributed by atoms with Crippen molar-refractivity contribution in [2.45, 2.75) is 38.8 Å². The normalized spacial score (nSPS) is 12.0. The summed E-state index contributed by atoms with van der Waals surface area (Å²) in [6.07, 6.45) is 1.06. The highest BCUT2D eigenvalue weighted by Gasteiger charge is 2.25. The lowest BCUT2D eigenvalue weighted by Crippen LogP contribution is -2.34. The third-order valence-electron chi connectivity index (χ3n) is 5.37. The lowest BCUT2D eigenvalue weighted by molar-refractivity contribution is -0.134. The number of halogens is 2. The van der Waals surface area contributed by atoms with Crippen LogP contribution in [0.2, 0.25) is 0 Å². The molecule has 170 valence electrons. The maximum atomic E-state index is 13.8. The largest absolute Gasteiger partial charge is 0.421 e. The zero-order valence-corrected chi connectivity index (χ0v) is 18.9. The summed E-state index contributed by atoms with van der Waals surface area (Å²) >= 11 is 1.53. The van der Waals surface area contributed by atoms with E-state index < -0.39 is 0 Å². The summed E-state index contributed by atoms with van der Waals surface area (Å²) in [5, 5.41) is 12.0. The molecule has 0 fully saturated rings. The number of aryl methyl sites for hydroxylation is 1. The first-order valence-electron chi connectivity index (χ1n) is 10.7. The highest BCUT2D eigenvalue weighted by Crippen LogP contribution is 2.28. The van der Waals surface area contributed by atoms with E-state index in [-0.39, 0.29) is 43.0 Å². The van der Waals surface area contributed by atoms with Gasteiger partial charge in [-0.05, 0) is 53.3 Å². The van der Waals surface area contributed by atoms with Crippen molar-refractivity contribution >= 4 is 17.2 Å². The summed E-state index contributed by atoms with van der Waals surface area (Å²) < 4.78 is 33.0. The Hall–Kier alpha value is -3.39. The molecular formula is C25H23F2N3O2S. The Morgan fingerprint density at radius 1 is 1.09 bits per heavy atom. The van der Waals surface area contributed by atoms with Crippen LogP contribution in [-0.4, -0.2) is 21.0 Å². The minimum atomic E-state index is -0.360. The van der Waals surface area contributed by atoms with Gasteiger partial charge in [-0.1, -0.05) is 31.2 Å². The first-order chi connectivity index (χ1) is 16.0. The number of carbonyl (C=O) groups excluding carboxylic acids is 1. The molecule has 33 heavy (non-hydrogen) atoms. The molecule has 4 rings (SSSR count). The summed E-state index contributed by atoms with van der Waals surface area (Å²) in [6.45, 7) is 2.20. The van der Waals surface area contributed by atoms with Crippen LogP contribution in [0.3, 0.4) is 0 Å². The molecule has 0 saturated heterocycles. The molecule has 0 saturated carbocycles. The highest BCUT2D eigenvalue weighted by atomic mass is 32.1. The van der Waals surface area contributed by atoms with Crippen LogP contribution in [0.5, 0.6) is 0 Å². The Balaban J connectivity index is 1.53. The lowest BCUT2D eigenvalue weighted by Gasteiger charge is -2.32. The summed E-state index contributed by atoms with van der Waals surface area (Å²) in [5.74, 6) is -0.0279. The molecule has 0 aliphatic carbocycles. The van der Waals surface area contributed by atoms with Gasteiger partial charge in [-0.2, -0.15) is 11.3 Å². The topological polar surface area (TPSA) is 59.2 Å². The predicted molar refractivity (Wildman–Crippen MR) is 122 cm³/mol. The van der Waals surface area contributed by atoms with Crippen molar-refractivity contribution in [1.82, 2.24) is 15.1 Å². The van der Waals surface area contributed by atoms with Crippen LogP contribution in [0.25, 0.3) is 11.5 Å². The van der Waals surface area contributed by atoms with E-state index in [0.717, 1.165) is 11.1 Å². The maximum absolute atomic E-state index is 13.8. The Morgan fingerprint density at radius 2 is 1.91 bits per heavy atom. The van der Waals surface area contributed by atoms with E-state index in [1.165, 1.54) is 35.6 Å². The molecule has 1 unspecified atom stereocenters. The van der Waals surface area contributed by atoms with Crippen LogP contribution in [0.4, 0.5) is 8.78 Å². The highest BCUT2D eigenvalue weighted by molar-refractivity contribution is 7.08. The van der Waals surface area contributed by atoms with E-state index in [1.807, 2.05) is 23.8 Å². The minimum Gasteiger partial charge on any atom is -0.421 e. The quantitative estimate of drug-likeness (QED) is 0.295. The number of amides is 1. The average Bonchev–Trinajstić information content (AvgIpc) is 3.50. The van der Waals surface area contributed by atoms with Crippen LogP contribution < -0.4 is 0 Å². The molecule has 2 aromatic heterocycles. The number of thiophene rings is 1. The lowest BCUT2D eigenvalue weighted by atomic mass is 10.0. The van der Waals surface area contributed by atoms with Crippen LogP contribution in [0.15, 0.2) is 69.8 Å². The van der Waals surface area contributed by atoms with Crippen molar-refractivity contribution in [3.05, 3.63) is 94.0 Å². The standard InChI is InChI=1S/C25H23F2N3O2S/c1-2-22(18-6-8-20(26)9-7-18)30(15-17-4-3-5-21(27)14-17)24(31)11-10-23-28-29-25(32-23)19-12-13-33-16-19/h3-9,12-14,16,22H,2,10-11,15H2,1H3. The molecule has 0 spiro atoms. The first-order valence-corrected chi connectivity index (χ1v) is 11.6. The third kappa shape index (κ3) is 5.70. The van der Waals surface area contributed by atoms with E-state index in [0.29, 0.717) is 23.8 Å². The van der Waals surface area contributed by atoms with Crippen molar-refractivity contribution in [2.75, 3.05) is 0 Å². The molecule has 8 heteroatoms. The van der Waals surface area contributed by atoms with Crippen molar-refractivity contribution in [2.24, 2.45) is 0 Å². The molecule has 1 amide bonds. The fraction of sp³-hybridized carbons (Fsp3) is 0.240. The van der Waals surface area contributed by atoms with E-state index >= 15 is 0 Å². The molecular weight excluding hydrogens is 444 g/mol. The van der Waals surface area contributed by atoms with Crippen LogP contribution in [-0.2, 0) is 17.8 Å². The van der Waals surface area contributed by atoms with Gasteiger partial charge in [0.05, 0.1) is 6.04 Å². The van der Waals surface area contributed by atoms with Crippen molar-refractivity contribution in [3.63, 3.8) is 0 Å². The SMILES string of the molecule is CCC(c1ccc(F)cc1)N(Cc1cccc(F)c1)C(=O)CCc1nnc(-c2ccsc2)o1. The maximum Gasteiger partial charge on any atom is 0.248 e. The van der Waals surface area contributed by atoms with Gasteiger partial charge >= 0.3 is 0 Å². The second kappa shape index (κ2) is 10.5.